The van der Waals surface area contributed by atoms with Crippen molar-refractivity contribution in [3.8, 4) is 17.2 Å². The first kappa shape index (κ1) is 33.4. The molecule has 13 nitrogen and oxygen atoms in total. The van der Waals surface area contributed by atoms with Gasteiger partial charge in [0.05, 0.1) is 13.1 Å². The van der Waals surface area contributed by atoms with Gasteiger partial charge < -0.3 is 10.4 Å². The maximum Gasteiger partial charge on any atom is 0.420 e. The summed E-state index contributed by atoms with van der Waals surface area (Å²) in [5, 5.41) is 19.2. The van der Waals surface area contributed by atoms with Crippen LogP contribution in [0.1, 0.15) is 17.8 Å². The van der Waals surface area contributed by atoms with E-state index in [1.54, 1.807) is 5.32 Å². The highest BCUT2D eigenvalue weighted by atomic mass is 35.5. The third-order valence-electron chi connectivity index (χ3n) is 7.04. The van der Waals surface area contributed by atoms with E-state index in [0.717, 1.165) is 24.7 Å². The number of hydrogen-bond donors (Lipinski definition) is 2. The maximum absolute atomic E-state index is 14.3. The van der Waals surface area contributed by atoms with Crippen molar-refractivity contribution in [3.63, 3.8) is 0 Å². The molecule has 1 unspecified atom stereocenters. The fraction of sp³-hybridized carbons (Fsp3) is 0.346. The number of alkyl halides is 7. The molecule has 2 N–H and O–H groups in total. The minimum Gasteiger partial charge on any atom is -0.465 e. The molecular weight excluding hydrogens is 671 g/mol. The highest BCUT2D eigenvalue weighted by Gasteiger charge is 2.46. The third-order valence-corrected chi connectivity index (χ3v) is 7.29. The summed E-state index contributed by atoms with van der Waals surface area (Å²) in [4.78, 5) is 45.6. The van der Waals surface area contributed by atoms with Crippen molar-refractivity contribution in [1.29, 1.82) is 0 Å². The molecule has 3 atom stereocenters. The number of halogens is 8. The number of rotatable bonds is 8. The first-order valence-electron chi connectivity index (χ1n) is 13.4. The summed E-state index contributed by atoms with van der Waals surface area (Å²) in [6.45, 7) is -2.57. The lowest BCUT2D eigenvalue weighted by molar-refractivity contribution is -0.165. The van der Waals surface area contributed by atoms with E-state index in [1.165, 1.54) is 24.3 Å². The smallest absolute Gasteiger partial charge is 0.420 e. The standard InChI is InChI=1S/C26H21ClF7N9O4/c27-14-5-3-13(4-6-14)20-39-42(11-19-36-12-43(38-19)21-16(25(29,30)31)2-1-7-35-21)23(45)41(20)10-18(26(32,33)34)37-22(44)17-8-15(28)9-40(17)24(46)47/h1-7,12,15,17-18H,8-11H2,(H,37,44)(H,46,47)/t15-,17+,18?/m1/s1. The molecule has 21 heteroatoms. The number of aromatic nitrogens is 7. The van der Waals surface area contributed by atoms with Gasteiger partial charge in [0.15, 0.2) is 17.5 Å². The van der Waals surface area contributed by atoms with Crippen molar-refractivity contribution < 1.29 is 45.4 Å². The van der Waals surface area contributed by atoms with Gasteiger partial charge in [-0.25, -0.2) is 33.3 Å². The number of nitrogens with zero attached hydrogens (tertiary/aromatic N) is 8. The largest absolute Gasteiger partial charge is 0.465 e. The lowest BCUT2D eigenvalue weighted by Gasteiger charge is -2.26. The SMILES string of the molecule is O=C(NC(Cn1c(-c2ccc(Cl)cc2)nn(Cc2ncn(-c3ncccc3C(F)(F)F)n2)c1=O)C(F)(F)F)[C@@H]1C[C@@H](F)CN1C(=O)O. The highest BCUT2D eigenvalue weighted by molar-refractivity contribution is 6.30. The quantitative estimate of drug-likeness (QED) is 0.266. The van der Waals surface area contributed by atoms with Gasteiger partial charge in [0.25, 0.3) is 0 Å². The molecule has 1 aliphatic rings. The molecular formula is C26H21ClF7N9O4. The number of carboxylic acid groups (broad SMARTS) is 1. The van der Waals surface area contributed by atoms with Crippen LogP contribution in [0, 0.1) is 0 Å². The van der Waals surface area contributed by atoms with Crippen molar-refractivity contribution in [2.75, 3.05) is 6.54 Å². The summed E-state index contributed by atoms with van der Waals surface area (Å²) < 4.78 is 99.1. The Bertz CT molecular complexity index is 1840. The fourth-order valence-corrected chi connectivity index (χ4v) is 4.98. The first-order valence-corrected chi connectivity index (χ1v) is 13.8. The number of amides is 2. The van der Waals surface area contributed by atoms with Crippen LogP contribution < -0.4 is 11.0 Å². The van der Waals surface area contributed by atoms with E-state index in [-0.39, 0.29) is 22.2 Å². The van der Waals surface area contributed by atoms with Gasteiger partial charge in [-0.2, -0.15) is 26.3 Å². The number of benzene rings is 1. The molecule has 0 spiro atoms. The molecule has 1 fully saturated rings. The second-order valence-corrected chi connectivity index (χ2v) is 10.7. The predicted octanol–water partition coefficient (Wildman–Crippen LogP) is 3.55. The second kappa shape index (κ2) is 12.6. The van der Waals surface area contributed by atoms with Gasteiger partial charge in [-0.1, -0.05) is 11.6 Å². The van der Waals surface area contributed by atoms with E-state index in [1.807, 2.05) is 0 Å². The van der Waals surface area contributed by atoms with Gasteiger partial charge in [-0.05, 0) is 36.4 Å². The van der Waals surface area contributed by atoms with Crippen molar-refractivity contribution in [1.82, 2.24) is 44.3 Å². The third kappa shape index (κ3) is 7.21. The van der Waals surface area contributed by atoms with Crippen LogP contribution in [-0.4, -0.2) is 87.1 Å². The number of likely N-dealkylation sites (tertiary alicyclic amines) is 1. The molecule has 1 aliphatic heterocycles. The normalized spacial score (nSPS) is 17.6. The zero-order chi connectivity index (χ0) is 34.3. The predicted molar refractivity (Wildman–Crippen MR) is 146 cm³/mol. The van der Waals surface area contributed by atoms with Gasteiger partial charge in [-0.15, -0.1) is 10.2 Å². The maximum atomic E-state index is 14.3. The van der Waals surface area contributed by atoms with Crippen molar-refractivity contribution in [3.05, 3.63) is 75.8 Å². The summed E-state index contributed by atoms with van der Waals surface area (Å²) in [6, 6.07) is 2.76. The molecule has 0 aliphatic carbocycles. The van der Waals surface area contributed by atoms with E-state index in [9.17, 15) is 50.2 Å². The summed E-state index contributed by atoms with van der Waals surface area (Å²) in [6.07, 6.45) is -12.1. The van der Waals surface area contributed by atoms with Gasteiger partial charge in [0, 0.05) is 23.2 Å². The molecule has 0 radical (unpaired) electrons. The number of hydrogen-bond acceptors (Lipinski definition) is 7. The topological polar surface area (TPSA) is 153 Å². The molecule has 0 saturated carbocycles. The highest BCUT2D eigenvalue weighted by Crippen LogP contribution is 2.32. The van der Waals surface area contributed by atoms with Crippen molar-refractivity contribution >= 4 is 23.6 Å². The zero-order valence-corrected chi connectivity index (χ0v) is 24.2. The molecule has 250 valence electrons. The molecule has 0 bridgehead atoms. The minimum absolute atomic E-state index is 0.118. The molecule has 3 aromatic heterocycles. The van der Waals surface area contributed by atoms with Crippen LogP contribution >= 0.6 is 11.6 Å². The summed E-state index contributed by atoms with van der Waals surface area (Å²) in [5.41, 5.74) is -2.16. The van der Waals surface area contributed by atoms with E-state index < -0.39 is 85.7 Å². The second-order valence-electron chi connectivity index (χ2n) is 10.2. The van der Waals surface area contributed by atoms with E-state index in [2.05, 4.69) is 20.2 Å². The molecule has 1 aromatic carbocycles. The average Bonchev–Trinajstić information content (AvgIpc) is 3.70. The Hall–Kier alpha value is -5.01. The summed E-state index contributed by atoms with van der Waals surface area (Å²) >= 11 is 5.93. The molecule has 1 saturated heterocycles. The van der Waals surface area contributed by atoms with Crippen molar-refractivity contribution in [2.45, 2.75) is 50.1 Å². The van der Waals surface area contributed by atoms with E-state index in [4.69, 9.17) is 11.6 Å². The van der Waals surface area contributed by atoms with Crippen LogP contribution in [0.5, 0.6) is 0 Å². The van der Waals surface area contributed by atoms with Gasteiger partial charge in [0.1, 0.15) is 36.7 Å². The van der Waals surface area contributed by atoms with Crippen LogP contribution in [0.15, 0.2) is 53.7 Å². The van der Waals surface area contributed by atoms with Gasteiger partial charge in [0.2, 0.25) is 5.91 Å². The first-order chi connectivity index (χ1) is 22.0. The molecule has 5 rings (SSSR count). The van der Waals surface area contributed by atoms with Crippen LogP contribution in [-0.2, 0) is 24.1 Å². The lowest BCUT2D eigenvalue weighted by Crippen LogP contribution is -2.54. The number of nitrogens with one attached hydrogen (secondary N) is 1. The molecule has 4 aromatic rings. The number of carbonyl (C=O) groups excluding carboxylic acids is 1. The molecule has 2 amide bonds. The van der Waals surface area contributed by atoms with E-state index in [0.29, 0.717) is 18.8 Å². The number of pyridine rings is 1. The Morgan fingerprint density at radius 1 is 1.06 bits per heavy atom. The Labute approximate surface area is 263 Å². The molecule has 47 heavy (non-hydrogen) atoms. The van der Waals surface area contributed by atoms with Gasteiger partial charge in [-0.3, -0.25) is 14.3 Å². The van der Waals surface area contributed by atoms with Crippen LogP contribution in [0.2, 0.25) is 5.02 Å². The van der Waals surface area contributed by atoms with Crippen molar-refractivity contribution in [2.24, 2.45) is 0 Å². The summed E-state index contributed by atoms with van der Waals surface area (Å²) in [5.74, 6) is -2.62. The molecule has 4 heterocycles. The Kier molecular flexibility index (Phi) is 8.98. The zero-order valence-electron chi connectivity index (χ0n) is 23.5. The van der Waals surface area contributed by atoms with Crippen LogP contribution in [0.4, 0.5) is 35.5 Å². The Balaban J connectivity index is 1.49. The van der Waals surface area contributed by atoms with Crippen LogP contribution in [0.3, 0.4) is 0 Å². The van der Waals surface area contributed by atoms with Gasteiger partial charge >= 0.3 is 24.1 Å². The van der Waals surface area contributed by atoms with E-state index >= 15 is 0 Å². The number of carbonyl (C=O) groups is 2. The monoisotopic (exact) mass is 691 g/mol. The Morgan fingerprint density at radius 3 is 2.40 bits per heavy atom. The summed E-state index contributed by atoms with van der Waals surface area (Å²) in [7, 11) is 0. The van der Waals surface area contributed by atoms with Crippen LogP contribution in [0.25, 0.3) is 17.2 Å². The average molecular weight is 692 g/mol. The Morgan fingerprint density at radius 2 is 1.77 bits per heavy atom. The fourth-order valence-electron chi connectivity index (χ4n) is 4.85. The lowest BCUT2D eigenvalue weighted by atomic mass is 10.1. The minimum atomic E-state index is -5.19.